The molecule has 0 unspecified atom stereocenters. The van der Waals surface area contributed by atoms with Gasteiger partial charge in [-0.05, 0) is 18.9 Å². The number of pyridine rings is 1. The lowest BCUT2D eigenvalue weighted by atomic mass is 10.1. The number of hydrogen-bond acceptors (Lipinski definition) is 5. The number of halogens is 4. The fourth-order valence-corrected chi connectivity index (χ4v) is 3.39. The van der Waals surface area contributed by atoms with Gasteiger partial charge >= 0.3 is 6.18 Å². The van der Waals surface area contributed by atoms with Crippen LogP contribution in [0, 0.1) is 0 Å². The summed E-state index contributed by atoms with van der Waals surface area (Å²) in [4.78, 5) is 17.7. The summed E-state index contributed by atoms with van der Waals surface area (Å²) in [5.74, 6) is 0.0932. The van der Waals surface area contributed by atoms with E-state index in [1.807, 2.05) is 0 Å². The van der Waals surface area contributed by atoms with Gasteiger partial charge in [-0.2, -0.15) is 13.2 Å². The van der Waals surface area contributed by atoms with E-state index in [2.05, 4.69) is 15.6 Å². The molecule has 3 heterocycles. The van der Waals surface area contributed by atoms with Crippen LogP contribution in [-0.2, 0) is 11.0 Å². The smallest absolute Gasteiger partial charge is 0.392 e. The zero-order chi connectivity index (χ0) is 18.2. The van der Waals surface area contributed by atoms with Crippen LogP contribution in [0.2, 0.25) is 5.02 Å². The van der Waals surface area contributed by atoms with E-state index in [9.17, 15) is 23.1 Å². The number of nitrogens with one attached hydrogen (secondary N) is 2. The first kappa shape index (κ1) is 18.2. The fraction of sp³-hybridized carbons (Fsp3) is 0.600. The number of anilines is 1. The van der Waals surface area contributed by atoms with E-state index < -0.39 is 23.9 Å². The van der Waals surface area contributed by atoms with E-state index in [-0.39, 0.29) is 22.8 Å². The van der Waals surface area contributed by atoms with Crippen LogP contribution in [0.4, 0.5) is 19.0 Å². The third-order valence-corrected chi connectivity index (χ3v) is 4.69. The third kappa shape index (κ3) is 4.16. The lowest BCUT2D eigenvalue weighted by Gasteiger charge is -2.20. The predicted molar refractivity (Wildman–Crippen MR) is 85.4 cm³/mol. The first-order chi connectivity index (χ1) is 11.7. The number of alkyl halides is 3. The van der Waals surface area contributed by atoms with Crippen molar-refractivity contribution in [2.45, 2.75) is 37.2 Å². The quantitative estimate of drug-likeness (QED) is 0.736. The van der Waals surface area contributed by atoms with Crippen molar-refractivity contribution >= 4 is 23.3 Å². The Balaban J connectivity index is 1.60. The molecule has 3 N–H and O–H groups in total. The van der Waals surface area contributed by atoms with Gasteiger partial charge in [0.2, 0.25) is 5.91 Å². The average Bonchev–Trinajstić information content (AvgIpc) is 3.15. The van der Waals surface area contributed by atoms with Gasteiger partial charge in [0.15, 0.2) is 0 Å². The first-order valence-electron chi connectivity index (χ1n) is 7.93. The van der Waals surface area contributed by atoms with Gasteiger partial charge in [0.25, 0.3) is 0 Å². The van der Waals surface area contributed by atoms with Gasteiger partial charge in [-0.15, -0.1) is 0 Å². The van der Waals surface area contributed by atoms with E-state index >= 15 is 0 Å². The zero-order valence-corrected chi connectivity index (χ0v) is 13.9. The number of aliphatic hydroxyl groups excluding tert-OH is 1. The van der Waals surface area contributed by atoms with Gasteiger partial charge in [0, 0.05) is 31.9 Å². The second-order valence-corrected chi connectivity index (χ2v) is 6.72. The van der Waals surface area contributed by atoms with Gasteiger partial charge in [0.05, 0.1) is 22.7 Å². The van der Waals surface area contributed by atoms with E-state index in [0.717, 1.165) is 12.3 Å². The molecule has 25 heavy (non-hydrogen) atoms. The summed E-state index contributed by atoms with van der Waals surface area (Å²) in [5.41, 5.74) is -0.892. The molecule has 1 amide bonds. The Kier molecular flexibility index (Phi) is 5.08. The van der Waals surface area contributed by atoms with Crippen molar-refractivity contribution in [1.82, 2.24) is 15.6 Å². The summed E-state index contributed by atoms with van der Waals surface area (Å²) in [5, 5.41) is 15.2. The molecule has 1 aromatic rings. The SMILES string of the molecule is O=C(N[C@@H]1CCN(c2ncc(C(F)(F)F)cc2Cl)C1)[C@H]1C[C@H](O)CN1. The molecule has 1 aromatic heterocycles. The van der Waals surface area contributed by atoms with Crippen LogP contribution in [0.1, 0.15) is 18.4 Å². The van der Waals surface area contributed by atoms with Crippen molar-refractivity contribution in [1.29, 1.82) is 0 Å². The Hall–Kier alpha value is -1.58. The van der Waals surface area contributed by atoms with Crippen LogP contribution in [0.25, 0.3) is 0 Å². The highest BCUT2D eigenvalue weighted by molar-refractivity contribution is 6.33. The van der Waals surface area contributed by atoms with Crippen LogP contribution in [-0.4, -0.2) is 53.8 Å². The fourth-order valence-electron chi connectivity index (χ4n) is 3.11. The maximum Gasteiger partial charge on any atom is 0.417 e. The van der Waals surface area contributed by atoms with Crippen molar-refractivity contribution < 1.29 is 23.1 Å². The van der Waals surface area contributed by atoms with Crippen molar-refractivity contribution in [3.05, 3.63) is 22.8 Å². The number of carbonyl (C=O) groups is 1. The second-order valence-electron chi connectivity index (χ2n) is 6.32. The molecule has 0 aliphatic carbocycles. The number of nitrogens with zero attached hydrogens (tertiary/aromatic N) is 2. The average molecular weight is 379 g/mol. The van der Waals surface area contributed by atoms with Crippen LogP contribution in [0.5, 0.6) is 0 Å². The molecule has 2 saturated heterocycles. The summed E-state index contributed by atoms with van der Waals surface area (Å²) in [6, 6.07) is 0.295. The normalized spacial score (nSPS) is 26.9. The Labute approximate surface area is 147 Å². The number of amides is 1. The van der Waals surface area contributed by atoms with E-state index in [1.165, 1.54) is 0 Å². The Morgan fingerprint density at radius 1 is 1.48 bits per heavy atom. The maximum absolute atomic E-state index is 12.7. The molecule has 6 nitrogen and oxygen atoms in total. The van der Waals surface area contributed by atoms with Crippen LogP contribution in [0.3, 0.4) is 0 Å². The van der Waals surface area contributed by atoms with E-state index in [4.69, 9.17) is 11.6 Å². The van der Waals surface area contributed by atoms with Crippen molar-refractivity contribution in [2.75, 3.05) is 24.5 Å². The minimum Gasteiger partial charge on any atom is -0.392 e. The van der Waals surface area contributed by atoms with Crippen LogP contribution in [0.15, 0.2) is 12.3 Å². The van der Waals surface area contributed by atoms with Gasteiger partial charge in [-0.3, -0.25) is 4.79 Å². The molecule has 2 fully saturated rings. The first-order valence-corrected chi connectivity index (χ1v) is 8.31. The molecule has 0 bridgehead atoms. The second kappa shape index (κ2) is 6.97. The summed E-state index contributed by atoms with van der Waals surface area (Å²) in [6.45, 7) is 1.34. The van der Waals surface area contributed by atoms with Gasteiger partial charge in [0.1, 0.15) is 5.82 Å². The van der Waals surface area contributed by atoms with Gasteiger partial charge in [-0.1, -0.05) is 11.6 Å². The molecule has 0 aromatic carbocycles. The van der Waals surface area contributed by atoms with Gasteiger partial charge < -0.3 is 20.6 Å². The van der Waals surface area contributed by atoms with E-state index in [1.54, 1.807) is 4.90 Å². The zero-order valence-electron chi connectivity index (χ0n) is 13.2. The molecule has 10 heteroatoms. The lowest BCUT2D eigenvalue weighted by molar-refractivity contribution is -0.137. The van der Waals surface area contributed by atoms with Gasteiger partial charge in [-0.25, -0.2) is 4.98 Å². The molecule has 138 valence electrons. The Morgan fingerprint density at radius 3 is 2.84 bits per heavy atom. The molecular weight excluding hydrogens is 361 g/mol. The maximum atomic E-state index is 12.7. The summed E-state index contributed by atoms with van der Waals surface area (Å²) in [7, 11) is 0. The largest absolute Gasteiger partial charge is 0.417 e. The van der Waals surface area contributed by atoms with E-state index in [0.29, 0.717) is 32.5 Å². The monoisotopic (exact) mass is 378 g/mol. The lowest BCUT2D eigenvalue weighted by Crippen LogP contribution is -2.46. The number of hydrogen-bond donors (Lipinski definition) is 3. The van der Waals surface area contributed by atoms with Crippen molar-refractivity contribution in [3.63, 3.8) is 0 Å². The highest BCUT2D eigenvalue weighted by atomic mass is 35.5. The summed E-state index contributed by atoms with van der Waals surface area (Å²) < 4.78 is 38.0. The minimum atomic E-state index is -4.49. The number of aliphatic hydroxyl groups is 1. The van der Waals surface area contributed by atoms with Crippen molar-refractivity contribution in [2.24, 2.45) is 0 Å². The Morgan fingerprint density at radius 2 is 2.24 bits per heavy atom. The third-order valence-electron chi connectivity index (χ3n) is 4.41. The summed E-state index contributed by atoms with van der Waals surface area (Å²) >= 11 is 5.96. The molecular formula is C15H18ClF3N4O2. The topological polar surface area (TPSA) is 77.5 Å². The standard InChI is InChI=1S/C15H18ClF3N4O2/c16-11-3-8(15(17,18)19)5-21-13(11)23-2-1-9(7-23)22-14(25)12-4-10(24)6-20-12/h3,5,9-10,12,20,24H,1-2,4,6-7H2,(H,22,25)/t9-,10+,12-/m1/s1. The molecule has 3 atom stereocenters. The molecule has 2 aliphatic rings. The highest BCUT2D eigenvalue weighted by Gasteiger charge is 2.34. The molecule has 2 aliphatic heterocycles. The summed E-state index contributed by atoms with van der Waals surface area (Å²) in [6.07, 6.45) is -3.24. The molecule has 3 rings (SSSR count). The highest BCUT2D eigenvalue weighted by Crippen LogP contribution is 2.34. The number of carbonyl (C=O) groups excluding carboxylic acids is 1. The van der Waals surface area contributed by atoms with Crippen LogP contribution < -0.4 is 15.5 Å². The Bertz CT molecular complexity index is 658. The number of β-amino-alcohol motifs (C(OH)–C–C–N with tert-alkyl or cyclic N) is 1. The predicted octanol–water partition coefficient (Wildman–Crippen LogP) is 1.17. The number of rotatable bonds is 3. The minimum absolute atomic E-state index is 0.0672. The number of aromatic nitrogens is 1. The molecule has 0 radical (unpaired) electrons. The molecule has 0 spiro atoms. The molecule has 0 saturated carbocycles. The van der Waals surface area contributed by atoms with Crippen LogP contribution >= 0.6 is 11.6 Å². The van der Waals surface area contributed by atoms with Crippen molar-refractivity contribution in [3.8, 4) is 0 Å².